The predicted molar refractivity (Wildman–Crippen MR) is 113 cm³/mol. The van der Waals surface area contributed by atoms with E-state index in [0.717, 1.165) is 51.0 Å². The molecular weight excluding hydrogens is 412 g/mol. The van der Waals surface area contributed by atoms with Gasteiger partial charge in [0, 0.05) is 37.7 Å². The van der Waals surface area contributed by atoms with Crippen molar-refractivity contribution in [2.24, 2.45) is 0 Å². The summed E-state index contributed by atoms with van der Waals surface area (Å²) in [5.41, 5.74) is -0.362. The summed E-state index contributed by atoms with van der Waals surface area (Å²) in [5.74, 6) is 2.29. The Morgan fingerprint density at radius 3 is 2.48 bits per heavy atom. The molecule has 2 aliphatic rings. The second kappa shape index (κ2) is 8.49. The molecule has 2 aromatic rings. The number of rotatable bonds is 6. The Balaban J connectivity index is 1.49. The van der Waals surface area contributed by atoms with E-state index in [1.165, 1.54) is 0 Å². The van der Waals surface area contributed by atoms with Crippen molar-refractivity contribution < 1.29 is 9.32 Å². The predicted octanol–water partition coefficient (Wildman–Crippen LogP) is 2.37. The number of nitrogens with one attached hydrogen (secondary N) is 1. The minimum Gasteiger partial charge on any atom is -0.394 e. The normalized spacial score (nSPS) is 20.2. The van der Waals surface area contributed by atoms with Gasteiger partial charge in [-0.05, 0) is 32.1 Å². The van der Waals surface area contributed by atoms with Gasteiger partial charge in [-0.2, -0.15) is 4.98 Å². The third kappa shape index (κ3) is 4.36. The molecule has 0 spiro atoms. The molecular formula is C19H25ClN6O2S. The zero-order valence-corrected chi connectivity index (χ0v) is 17.9. The summed E-state index contributed by atoms with van der Waals surface area (Å²) in [5, 5.41) is 13.7. The van der Waals surface area contributed by atoms with Crippen molar-refractivity contribution in [3.8, 4) is 0 Å². The standard InChI is InChI=1S/C19H25ClN6O2S/c1-29(28)15-11-23-18(24-17(15)25-19(12-27)5-2-6-19)26-7-3-13(4-8-26)16-21-9-14(20)10-22-16/h9-11,13,27H,2-8,12H2,1H3,(H,23,24,25)/t29-/m1/s1. The average Bonchev–Trinajstić information content (AvgIpc) is 2.71. The van der Waals surface area contributed by atoms with Crippen molar-refractivity contribution in [2.75, 3.05) is 36.2 Å². The topological polar surface area (TPSA) is 104 Å². The molecule has 2 fully saturated rings. The number of hydrogen-bond donors (Lipinski definition) is 2. The molecule has 1 saturated heterocycles. The fourth-order valence-electron chi connectivity index (χ4n) is 3.86. The number of nitrogens with zero attached hydrogens (tertiary/aromatic N) is 5. The fraction of sp³-hybridized carbons (Fsp3) is 0.579. The largest absolute Gasteiger partial charge is 0.394 e. The lowest BCUT2D eigenvalue weighted by atomic mass is 9.77. The number of hydrogen-bond acceptors (Lipinski definition) is 8. The number of aliphatic hydroxyl groups excluding tert-OH is 1. The Hall–Kier alpha value is -1.84. The minimum atomic E-state index is -1.22. The highest BCUT2D eigenvalue weighted by atomic mass is 35.5. The van der Waals surface area contributed by atoms with E-state index >= 15 is 0 Å². The van der Waals surface area contributed by atoms with Crippen molar-refractivity contribution in [3.05, 3.63) is 29.4 Å². The van der Waals surface area contributed by atoms with Crippen molar-refractivity contribution in [2.45, 2.75) is 48.5 Å². The van der Waals surface area contributed by atoms with Gasteiger partial charge in [0.2, 0.25) is 5.95 Å². The molecule has 8 nitrogen and oxygen atoms in total. The summed E-state index contributed by atoms with van der Waals surface area (Å²) in [7, 11) is -1.22. The first-order valence-electron chi connectivity index (χ1n) is 9.81. The van der Waals surface area contributed by atoms with Crippen LogP contribution in [0.4, 0.5) is 11.8 Å². The van der Waals surface area contributed by atoms with Gasteiger partial charge in [-0.1, -0.05) is 11.6 Å². The van der Waals surface area contributed by atoms with Gasteiger partial charge < -0.3 is 15.3 Å². The Labute approximate surface area is 177 Å². The molecule has 10 heteroatoms. The first-order valence-corrected chi connectivity index (χ1v) is 11.8. The lowest BCUT2D eigenvalue weighted by Crippen LogP contribution is -2.48. The molecule has 1 atom stereocenters. The smallest absolute Gasteiger partial charge is 0.227 e. The Kier molecular flexibility index (Phi) is 5.98. The number of piperidine rings is 1. The summed E-state index contributed by atoms with van der Waals surface area (Å²) in [6.45, 7) is 1.61. The second-order valence-electron chi connectivity index (χ2n) is 7.77. The van der Waals surface area contributed by atoms with Gasteiger partial charge in [-0.3, -0.25) is 4.21 Å². The highest BCUT2D eigenvalue weighted by Crippen LogP contribution is 2.36. The number of halogens is 1. The van der Waals surface area contributed by atoms with Gasteiger partial charge in [0.05, 0.1) is 39.1 Å². The molecule has 1 aliphatic carbocycles. The van der Waals surface area contributed by atoms with E-state index in [2.05, 4.69) is 25.2 Å². The van der Waals surface area contributed by atoms with Crippen molar-refractivity contribution in [1.29, 1.82) is 0 Å². The molecule has 0 radical (unpaired) electrons. The maximum absolute atomic E-state index is 12.1. The van der Waals surface area contributed by atoms with Crippen LogP contribution >= 0.6 is 11.6 Å². The van der Waals surface area contributed by atoms with Crippen LogP contribution < -0.4 is 10.2 Å². The first kappa shape index (κ1) is 20.4. The van der Waals surface area contributed by atoms with Crippen LogP contribution in [-0.4, -0.2) is 60.7 Å². The lowest BCUT2D eigenvalue weighted by Gasteiger charge is -2.41. The summed E-state index contributed by atoms with van der Waals surface area (Å²) in [6, 6.07) is 0. The minimum absolute atomic E-state index is 0.0363. The maximum atomic E-state index is 12.1. The van der Waals surface area contributed by atoms with E-state index in [1.54, 1.807) is 24.8 Å². The third-order valence-corrected chi connectivity index (χ3v) is 6.95. The molecule has 0 amide bonds. The zero-order valence-electron chi connectivity index (χ0n) is 16.3. The summed E-state index contributed by atoms with van der Waals surface area (Å²) in [6.07, 6.45) is 11.2. The summed E-state index contributed by atoms with van der Waals surface area (Å²) in [4.78, 5) is 20.6. The van der Waals surface area contributed by atoms with Crippen LogP contribution in [0, 0.1) is 0 Å². The molecule has 1 aliphatic heterocycles. The van der Waals surface area contributed by atoms with Crippen LogP contribution in [0.3, 0.4) is 0 Å². The third-order valence-electron chi connectivity index (χ3n) is 5.83. The van der Waals surface area contributed by atoms with E-state index < -0.39 is 10.8 Å². The Bertz CT molecular complexity index is 879. The molecule has 0 aromatic carbocycles. The van der Waals surface area contributed by atoms with Crippen LogP contribution in [-0.2, 0) is 10.8 Å². The van der Waals surface area contributed by atoms with Gasteiger partial charge in [-0.25, -0.2) is 15.0 Å². The van der Waals surface area contributed by atoms with Crippen LogP contribution in [0.25, 0.3) is 0 Å². The van der Waals surface area contributed by atoms with Crippen LogP contribution in [0.15, 0.2) is 23.5 Å². The van der Waals surface area contributed by atoms with Crippen LogP contribution in [0.2, 0.25) is 5.02 Å². The average molecular weight is 437 g/mol. The molecule has 1 saturated carbocycles. The zero-order chi connectivity index (χ0) is 20.4. The van der Waals surface area contributed by atoms with Crippen molar-refractivity contribution in [3.63, 3.8) is 0 Å². The Morgan fingerprint density at radius 1 is 1.24 bits per heavy atom. The van der Waals surface area contributed by atoms with E-state index in [-0.39, 0.29) is 18.1 Å². The molecule has 4 rings (SSSR count). The fourth-order valence-corrected chi connectivity index (χ4v) is 4.53. The van der Waals surface area contributed by atoms with Crippen LogP contribution in [0.5, 0.6) is 0 Å². The SMILES string of the molecule is C[S@@](=O)c1cnc(N2CCC(c3ncc(Cl)cn3)CC2)nc1NC1(CO)CCC1. The quantitative estimate of drug-likeness (QED) is 0.711. The number of aromatic nitrogens is 4. The van der Waals surface area contributed by atoms with Gasteiger partial charge in [0.25, 0.3) is 0 Å². The van der Waals surface area contributed by atoms with Gasteiger partial charge >= 0.3 is 0 Å². The highest BCUT2D eigenvalue weighted by Gasteiger charge is 2.37. The van der Waals surface area contributed by atoms with E-state index in [4.69, 9.17) is 16.6 Å². The second-order valence-corrected chi connectivity index (χ2v) is 9.56. The van der Waals surface area contributed by atoms with E-state index in [9.17, 15) is 9.32 Å². The number of aliphatic hydroxyl groups is 1. The van der Waals surface area contributed by atoms with E-state index in [0.29, 0.717) is 21.7 Å². The molecule has 2 aromatic heterocycles. The molecule has 2 N–H and O–H groups in total. The molecule has 0 bridgehead atoms. The molecule has 3 heterocycles. The number of anilines is 2. The van der Waals surface area contributed by atoms with Crippen molar-refractivity contribution >= 4 is 34.2 Å². The van der Waals surface area contributed by atoms with Crippen molar-refractivity contribution in [1.82, 2.24) is 19.9 Å². The highest BCUT2D eigenvalue weighted by molar-refractivity contribution is 7.84. The van der Waals surface area contributed by atoms with E-state index in [1.807, 2.05) is 0 Å². The van der Waals surface area contributed by atoms with Gasteiger partial charge in [0.1, 0.15) is 11.6 Å². The summed E-state index contributed by atoms with van der Waals surface area (Å²) < 4.78 is 12.1. The Morgan fingerprint density at radius 2 is 1.93 bits per heavy atom. The molecule has 29 heavy (non-hydrogen) atoms. The lowest BCUT2D eigenvalue weighted by molar-refractivity contribution is 0.143. The first-order chi connectivity index (χ1) is 14.0. The molecule has 156 valence electrons. The maximum Gasteiger partial charge on any atom is 0.227 e. The van der Waals surface area contributed by atoms with Gasteiger partial charge in [-0.15, -0.1) is 0 Å². The summed E-state index contributed by atoms with van der Waals surface area (Å²) >= 11 is 5.88. The van der Waals surface area contributed by atoms with Crippen LogP contribution in [0.1, 0.15) is 43.8 Å². The molecule has 0 unspecified atom stereocenters. The monoisotopic (exact) mass is 436 g/mol. The van der Waals surface area contributed by atoms with Gasteiger partial charge in [0.15, 0.2) is 0 Å².